The van der Waals surface area contributed by atoms with Gasteiger partial charge in [-0.15, -0.1) is 0 Å². The molecule has 1 amide bonds. The average Bonchev–Trinajstić information content (AvgIpc) is 2.89. The molecule has 3 aliphatic rings. The molecule has 0 bridgehead atoms. The molecule has 1 aliphatic heterocycles. The van der Waals surface area contributed by atoms with E-state index >= 15 is 0 Å². The number of nitrogens with zero attached hydrogens (tertiary/aromatic N) is 4. The minimum Gasteiger partial charge on any atom is -0.336 e. The first kappa shape index (κ1) is 20.9. The molecule has 1 saturated carbocycles. The molecule has 2 heterocycles. The summed E-state index contributed by atoms with van der Waals surface area (Å²) < 4.78 is 2.09. The van der Waals surface area contributed by atoms with Crippen LogP contribution in [0.3, 0.4) is 0 Å². The first-order chi connectivity index (χ1) is 14.2. The number of hydrogen-bond acceptors (Lipinski definition) is 4. The Hall–Kier alpha value is -1.40. The molecule has 1 saturated heterocycles. The molecule has 29 heavy (non-hydrogen) atoms. The Morgan fingerprint density at radius 1 is 1.00 bits per heavy atom. The highest BCUT2D eigenvalue weighted by Crippen LogP contribution is 2.28. The van der Waals surface area contributed by atoms with Crippen molar-refractivity contribution in [1.29, 1.82) is 0 Å². The van der Waals surface area contributed by atoms with Crippen molar-refractivity contribution in [3.63, 3.8) is 0 Å². The van der Waals surface area contributed by atoms with Crippen LogP contribution in [-0.4, -0.2) is 70.8 Å². The highest BCUT2D eigenvalue weighted by atomic mass is 16.2. The van der Waals surface area contributed by atoms with E-state index in [1.165, 1.54) is 49.8 Å². The van der Waals surface area contributed by atoms with Gasteiger partial charge in [0.1, 0.15) is 0 Å². The smallest absolute Gasteiger partial charge is 0.274 e. The van der Waals surface area contributed by atoms with Gasteiger partial charge < -0.3 is 15.1 Å². The van der Waals surface area contributed by atoms with E-state index in [9.17, 15) is 4.79 Å². The molecular weight excluding hydrogens is 362 g/mol. The number of aromatic nitrogens is 2. The summed E-state index contributed by atoms with van der Waals surface area (Å²) >= 11 is 0. The fourth-order valence-electron chi connectivity index (χ4n) is 5.44. The van der Waals surface area contributed by atoms with E-state index in [1.807, 2.05) is 4.90 Å². The van der Waals surface area contributed by atoms with Gasteiger partial charge in [-0.25, -0.2) is 0 Å². The maximum Gasteiger partial charge on any atom is 0.274 e. The number of carbonyl (C=O) groups excluding carboxylic acids is 1. The van der Waals surface area contributed by atoms with Gasteiger partial charge in [0.15, 0.2) is 5.69 Å². The molecule has 0 spiro atoms. The largest absolute Gasteiger partial charge is 0.336 e. The van der Waals surface area contributed by atoms with Crippen LogP contribution in [-0.2, 0) is 19.4 Å². The Morgan fingerprint density at radius 3 is 2.55 bits per heavy atom. The van der Waals surface area contributed by atoms with Gasteiger partial charge in [0.25, 0.3) is 5.91 Å². The number of likely N-dealkylation sites (N-methyl/N-ethyl adjacent to an activating group) is 1. The molecule has 6 nitrogen and oxygen atoms in total. The van der Waals surface area contributed by atoms with Crippen LogP contribution >= 0.6 is 0 Å². The van der Waals surface area contributed by atoms with Crippen molar-refractivity contribution in [3.8, 4) is 0 Å². The van der Waals surface area contributed by atoms with Crippen molar-refractivity contribution in [2.24, 2.45) is 0 Å². The molecule has 162 valence electrons. The second-order valence-electron chi connectivity index (χ2n) is 9.33. The first-order valence-corrected chi connectivity index (χ1v) is 12.0. The molecule has 4 rings (SSSR count). The van der Waals surface area contributed by atoms with Crippen molar-refractivity contribution < 1.29 is 4.79 Å². The van der Waals surface area contributed by atoms with E-state index in [1.54, 1.807) is 0 Å². The van der Waals surface area contributed by atoms with E-state index in [0.29, 0.717) is 12.1 Å². The molecule has 1 aromatic heterocycles. The molecule has 0 aromatic carbocycles. The molecular formula is C23H39N5O. The predicted molar refractivity (Wildman–Crippen MR) is 116 cm³/mol. The maximum absolute atomic E-state index is 13.4. The lowest BCUT2D eigenvalue weighted by atomic mass is 9.90. The van der Waals surface area contributed by atoms with E-state index < -0.39 is 0 Å². The quantitative estimate of drug-likeness (QED) is 0.789. The summed E-state index contributed by atoms with van der Waals surface area (Å²) in [5.41, 5.74) is 3.27. The van der Waals surface area contributed by atoms with E-state index in [4.69, 9.17) is 5.10 Å². The SMILES string of the molecule is CCn1nc(C(=O)N2CCCN(C)CC2)c2c1CCC(NC1CCCCCC1)C2. The molecule has 6 heteroatoms. The van der Waals surface area contributed by atoms with Crippen LogP contribution in [0.15, 0.2) is 0 Å². The summed E-state index contributed by atoms with van der Waals surface area (Å²) in [6.07, 6.45) is 12.3. The second kappa shape index (κ2) is 9.61. The topological polar surface area (TPSA) is 53.4 Å². The van der Waals surface area contributed by atoms with Crippen molar-refractivity contribution in [2.75, 3.05) is 33.2 Å². The van der Waals surface area contributed by atoms with Gasteiger partial charge in [-0.1, -0.05) is 25.7 Å². The highest BCUT2D eigenvalue weighted by Gasteiger charge is 2.32. The van der Waals surface area contributed by atoms with Crippen LogP contribution in [0.25, 0.3) is 0 Å². The van der Waals surface area contributed by atoms with Crippen molar-refractivity contribution in [3.05, 3.63) is 17.0 Å². The maximum atomic E-state index is 13.4. The third-order valence-corrected chi connectivity index (χ3v) is 7.18. The number of rotatable bonds is 4. The van der Waals surface area contributed by atoms with Crippen LogP contribution in [0.2, 0.25) is 0 Å². The van der Waals surface area contributed by atoms with E-state index in [2.05, 4.69) is 28.9 Å². The Morgan fingerprint density at radius 2 is 1.79 bits per heavy atom. The van der Waals surface area contributed by atoms with Gasteiger partial charge in [0.05, 0.1) is 0 Å². The minimum absolute atomic E-state index is 0.152. The molecule has 1 atom stereocenters. The Labute approximate surface area is 176 Å². The number of carbonyl (C=O) groups is 1. The van der Waals surface area contributed by atoms with Gasteiger partial charge in [-0.05, 0) is 59.0 Å². The summed E-state index contributed by atoms with van der Waals surface area (Å²) in [5, 5.41) is 8.77. The molecule has 1 unspecified atom stereocenters. The Bertz CT molecular complexity index is 692. The summed E-state index contributed by atoms with van der Waals surface area (Å²) in [6.45, 7) is 6.66. The zero-order chi connectivity index (χ0) is 20.2. The second-order valence-corrected chi connectivity index (χ2v) is 9.33. The number of fused-ring (bicyclic) bond motifs is 1. The molecule has 1 N–H and O–H groups in total. The van der Waals surface area contributed by atoms with Crippen molar-refractivity contribution >= 4 is 5.91 Å². The summed E-state index contributed by atoms with van der Waals surface area (Å²) in [5.74, 6) is 0.152. The molecule has 2 fully saturated rings. The Kier molecular flexibility index (Phi) is 6.91. The van der Waals surface area contributed by atoms with Gasteiger partial charge in [-0.2, -0.15) is 5.10 Å². The van der Waals surface area contributed by atoms with Crippen LogP contribution < -0.4 is 5.32 Å². The molecule has 1 aromatic rings. The highest BCUT2D eigenvalue weighted by molar-refractivity contribution is 5.94. The van der Waals surface area contributed by atoms with Gasteiger partial charge in [-0.3, -0.25) is 9.48 Å². The van der Waals surface area contributed by atoms with Crippen LogP contribution in [0.4, 0.5) is 0 Å². The van der Waals surface area contributed by atoms with Crippen LogP contribution in [0, 0.1) is 0 Å². The lowest BCUT2D eigenvalue weighted by Gasteiger charge is -2.29. The third-order valence-electron chi connectivity index (χ3n) is 7.18. The Balaban J connectivity index is 1.50. The number of aryl methyl sites for hydroxylation is 1. The minimum atomic E-state index is 0.152. The monoisotopic (exact) mass is 401 g/mol. The van der Waals surface area contributed by atoms with Gasteiger partial charge in [0, 0.05) is 49.5 Å². The lowest BCUT2D eigenvalue weighted by molar-refractivity contribution is 0.0754. The van der Waals surface area contributed by atoms with Gasteiger partial charge >= 0.3 is 0 Å². The number of hydrogen-bond donors (Lipinski definition) is 1. The van der Waals surface area contributed by atoms with E-state index in [0.717, 1.165) is 64.1 Å². The standard InChI is InChI=1S/C23H39N5O/c1-3-28-21-12-11-19(24-18-9-6-4-5-7-10-18)17-20(21)22(25-28)23(29)27-14-8-13-26(2)15-16-27/h18-19,24H,3-17H2,1-2H3. The van der Waals surface area contributed by atoms with Crippen LogP contribution in [0.1, 0.15) is 80.0 Å². The normalized spacial score (nSPS) is 24.8. The molecule has 0 radical (unpaired) electrons. The first-order valence-electron chi connectivity index (χ1n) is 12.0. The average molecular weight is 402 g/mol. The zero-order valence-electron chi connectivity index (χ0n) is 18.5. The number of nitrogens with one attached hydrogen (secondary N) is 1. The summed E-state index contributed by atoms with van der Waals surface area (Å²) in [6, 6.07) is 1.15. The van der Waals surface area contributed by atoms with Gasteiger partial charge in [0.2, 0.25) is 0 Å². The lowest BCUT2D eigenvalue weighted by Crippen LogP contribution is -2.42. The van der Waals surface area contributed by atoms with Crippen molar-refractivity contribution in [2.45, 2.75) is 89.8 Å². The van der Waals surface area contributed by atoms with E-state index in [-0.39, 0.29) is 5.91 Å². The zero-order valence-corrected chi connectivity index (χ0v) is 18.5. The number of amides is 1. The third kappa shape index (κ3) is 4.85. The van der Waals surface area contributed by atoms with Crippen molar-refractivity contribution in [1.82, 2.24) is 24.9 Å². The molecule has 2 aliphatic carbocycles. The van der Waals surface area contributed by atoms with Crippen LogP contribution in [0.5, 0.6) is 0 Å². The fourth-order valence-corrected chi connectivity index (χ4v) is 5.44. The summed E-state index contributed by atoms with van der Waals surface area (Å²) in [7, 11) is 2.14. The summed E-state index contributed by atoms with van der Waals surface area (Å²) in [4.78, 5) is 17.8. The predicted octanol–water partition coefficient (Wildman–Crippen LogP) is 2.85. The fraction of sp³-hybridized carbons (Fsp3) is 0.826.